The molecule has 0 aromatic rings. The molecule has 1 aliphatic heterocycles. The topological polar surface area (TPSA) is 24.4 Å². The Labute approximate surface area is 85.6 Å². The minimum Gasteiger partial charge on any atom is -0.365 e. The Bertz CT molecular complexity index is 185. The van der Waals surface area contributed by atoms with E-state index >= 15 is 0 Å². The summed E-state index contributed by atoms with van der Waals surface area (Å²) in [5.74, 6) is 1.23. The summed E-state index contributed by atoms with van der Waals surface area (Å²) >= 11 is 1.88. The van der Waals surface area contributed by atoms with Gasteiger partial charge in [-0.2, -0.15) is 0 Å². The lowest BCUT2D eigenvalue weighted by Crippen LogP contribution is -2.34. The Hall–Kier alpha value is -0.180. The van der Waals surface area contributed by atoms with Crippen LogP contribution in [0.15, 0.2) is 4.99 Å². The van der Waals surface area contributed by atoms with Gasteiger partial charge in [-0.25, -0.2) is 0 Å². The summed E-state index contributed by atoms with van der Waals surface area (Å²) in [5.41, 5.74) is 0.476. The molecular formula is C10H20N2S. The van der Waals surface area contributed by atoms with Crippen LogP contribution in [0.25, 0.3) is 0 Å². The molecule has 13 heavy (non-hydrogen) atoms. The minimum atomic E-state index is 0.476. The van der Waals surface area contributed by atoms with Gasteiger partial charge in [0.1, 0.15) is 0 Å². The van der Waals surface area contributed by atoms with Crippen LogP contribution in [0.4, 0.5) is 0 Å². The van der Waals surface area contributed by atoms with Crippen molar-refractivity contribution in [2.24, 2.45) is 10.4 Å². The van der Waals surface area contributed by atoms with E-state index in [9.17, 15) is 0 Å². The van der Waals surface area contributed by atoms with Crippen LogP contribution in [0, 0.1) is 5.41 Å². The second-order valence-corrected chi connectivity index (χ2v) is 4.61. The number of hydrogen-bond acceptors (Lipinski definition) is 3. The SMILES string of the molecule is CCNC1=NCC(CC)(CC)CS1. The van der Waals surface area contributed by atoms with Crippen molar-refractivity contribution in [2.45, 2.75) is 33.6 Å². The lowest BCUT2D eigenvalue weighted by molar-refractivity contribution is 0.318. The maximum absolute atomic E-state index is 4.58. The second-order valence-electron chi connectivity index (χ2n) is 3.65. The van der Waals surface area contributed by atoms with Crippen molar-refractivity contribution in [1.29, 1.82) is 0 Å². The molecule has 0 aliphatic carbocycles. The van der Waals surface area contributed by atoms with E-state index in [1.165, 1.54) is 18.6 Å². The Morgan fingerprint density at radius 1 is 1.38 bits per heavy atom. The van der Waals surface area contributed by atoms with Crippen LogP contribution < -0.4 is 5.32 Å². The molecule has 0 saturated heterocycles. The third kappa shape index (κ3) is 2.63. The first kappa shape index (κ1) is 10.9. The number of hydrogen-bond donors (Lipinski definition) is 1. The van der Waals surface area contributed by atoms with Gasteiger partial charge in [-0.05, 0) is 25.2 Å². The van der Waals surface area contributed by atoms with Gasteiger partial charge in [0.25, 0.3) is 0 Å². The van der Waals surface area contributed by atoms with Gasteiger partial charge in [-0.1, -0.05) is 25.6 Å². The highest BCUT2D eigenvalue weighted by molar-refractivity contribution is 8.13. The molecule has 0 spiro atoms. The monoisotopic (exact) mass is 200 g/mol. The first-order valence-corrected chi connectivity index (χ1v) is 6.16. The van der Waals surface area contributed by atoms with Crippen molar-refractivity contribution < 1.29 is 0 Å². The van der Waals surface area contributed by atoms with E-state index in [0.717, 1.165) is 18.3 Å². The molecule has 0 bridgehead atoms. The number of amidine groups is 1. The van der Waals surface area contributed by atoms with Crippen LogP contribution in [-0.4, -0.2) is 24.0 Å². The average molecular weight is 200 g/mol. The predicted octanol–water partition coefficient (Wildman–Crippen LogP) is 2.51. The Morgan fingerprint density at radius 3 is 2.46 bits per heavy atom. The Morgan fingerprint density at radius 2 is 2.08 bits per heavy atom. The summed E-state index contributed by atoms with van der Waals surface area (Å²) in [5, 5.41) is 4.42. The third-order valence-electron chi connectivity index (χ3n) is 2.90. The van der Waals surface area contributed by atoms with Gasteiger partial charge in [0.15, 0.2) is 5.17 Å². The van der Waals surface area contributed by atoms with Gasteiger partial charge in [0, 0.05) is 18.8 Å². The first-order valence-electron chi connectivity index (χ1n) is 5.17. The van der Waals surface area contributed by atoms with Gasteiger partial charge < -0.3 is 5.32 Å². The van der Waals surface area contributed by atoms with Gasteiger partial charge in [-0.3, -0.25) is 4.99 Å². The zero-order chi connectivity index (χ0) is 9.73. The zero-order valence-corrected chi connectivity index (χ0v) is 9.71. The summed E-state index contributed by atoms with van der Waals surface area (Å²) in [6.45, 7) is 8.66. The summed E-state index contributed by atoms with van der Waals surface area (Å²) in [6.07, 6.45) is 2.50. The molecule has 0 amide bonds. The maximum atomic E-state index is 4.58. The van der Waals surface area contributed by atoms with Crippen molar-refractivity contribution in [3.8, 4) is 0 Å². The molecule has 0 aromatic heterocycles. The number of nitrogens with one attached hydrogen (secondary N) is 1. The molecular weight excluding hydrogens is 180 g/mol. The molecule has 0 radical (unpaired) electrons. The highest BCUT2D eigenvalue weighted by Crippen LogP contribution is 2.34. The van der Waals surface area contributed by atoms with E-state index in [2.05, 4.69) is 31.1 Å². The fourth-order valence-corrected chi connectivity index (χ4v) is 2.83. The van der Waals surface area contributed by atoms with E-state index in [4.69, 9.17) is 0 Å². The summed E-state index contributed by atoms with van der Waals surface area (Å²) < 4.78 is 0. The van der Waals surface area contributed by atoms with Crippen LogP contribution in [-0.2, 0) is 0 Å². The molecule has 1 aliphatic rings. The van der Waals surface area contributed by atoms with Crippen LogP contribution in [0.5, 0.6) is 0 Å². The molecule has 0 unspecified atom stereocenters. The third-order valence-corrected chi connectivity index (χ3v) is 4.20. The highest BCUT2D eigenvalue weighted by Gasteiger charge is 2.29. The van der Waals surface area contributed by atoms with Gasteiger partial charge >= 0.3 is 0 Å². The summed E-state index contributed by atoms with van der Waals surface area (Å²) in [7, 11) is 0. The Kier molecular flexibility index (Phi) is 4.10. The van der Waals surface area contributed by atoms with E-state index in [1.807, 2.05) is 11.8 Å². The smallest absolute Gasteiger partial charge is 0.156 e. The van der Waals surface area contributed by atoms with Crippen molar-refractivity contribution in [2.75, 3.05) is 18.8 Å². The number of thioether (sulfide) groups is 1. The molecule has 0 atom stereocenters. The van der Waals surface area contributed by atoms with E-state index in [1.54, 1.807) is 0 Å². The van der Waals surface area contributed by atoms with Crippen molar-refractivity contribution in [3.63, 3.8) is 0 Å². The lowest BCUT2D eigenvalue weighted by atomic mass is 9.84. The van der Waals surface area contributed by atoms with Crippen molar-refractivity contribution in [3.05, 3.63) is 0 Å². The minimum absolute atomic E-state index is 0.476. The molecule has 0 saturated carbocycles. The van der Waals surface area contributed by atoms with Crippen LogP contribution in [0.3, 0.4) is 0 Å². The number of rotatable bonds is 3. The first-order chi connectivity index (χ1) is 6.26. The fraction of sp³-hybridized carbons (Fsp3) is 0.900. The summed E-state index contributed by atoms with van der Waals surface area (Å²) in [6, 6.07) is 0. The molecule has 0 aromatic carbocycles. The highest BCUT2D eigenvalue weighted by atomic mass is 32.2. The lowest BCUT2D eigenvalue weighted by Gasteiger charge is -2.33. The molecule has 0 fully saturated rings. The predicted molar refractivity (Wildman–Crippen MR) is 61.5 cm³/mol. The molecule has 1 rings (SSSR count). The molecule has 2 nitrogen and oxygen atoms in total. The number of nitrogens with zero attached hydrogens (tertiary/aromatic N) is 1. The van der Waals surface area contributed by atoms with Crippen LogP contribution in [0.1, 0.15) is 33.6 Å². The standard InChI is InChI=1S/C10H20N2S/c1-4-10(5-2)7-12-9(11-6-3)13-8-10/h4-8H2,1-3H3,(H,11,12). The Balaban J connectivity index is 2.53. The van der Waals surface area contributed by atoms with Gasteiger partial charge in [0.05, 0.1) is 0 Å². The van der Waals surface area contributed by atoms with Crippen molar-refractivity contribution >= 4 is 16.9 Å². The van der Waals surface area contributed by atoms with E-state index < -0.39 is 0 Å². The maximum Gasteiger partial charge on any atom is 0.156 e. The van der Waals surface area contributed by atoms with Gasteiger partial charge in [0.2, 0.25) is 0 Å². The normalized spacial score (nSPS) is 21.0. The second kappa shape index (κ2) is 4.89. The van der Waals surface area contributed by atoms with Crippen LogP contribution in [0.2, 0.25) is 0 Å². The largest absolute Gasteiger partial charge is 0.365 e. The number of aliphatic imine (C=N–C) groups is 1. The van der Waals surface area contributed by atoms with E-state index in [0.29, 0.717) is 5.41 Å². The molecule has 1 N–H and O–H groups in total. The quantitative estimate of drug-likeness (QED) is 0.757. The van der Waals surface area contributed by atoms with Crippen molar-refractivity contribution in [1.82, 2.24) is 5.32 Å². The van der Waals surface area contributed by atoms with E-state index in [-0.39, 0.29) is 0 Å². The average Bonchev–Trinajstić information content (AvgIpc) is 2.20. The van der Waals surface area contributed by atoms with Gasteiger partial charge in [-0.15, -0.1) is 0 Å². The fourth-order valence-electron chi connectivity index (χ4n) is 1.49. The zero-order valence-electron chi connectivity index (χ0n) is 8.89. The summed E-state index contributed by atoms with van der Waals surface area (Å²) in [4.78, 5) is 4.58. The molecule has 3 heteroatoms. The molecule has 76 valence electrons. The van der Waals surface area contributed by atoms with Crippen LogP contribution >= 0.6 is 11.8 Å². The molecule has 1 heterocycles.